The first-order chi connectivity index (χ1) is 6.68. The maximum absolute atomic E-state index is 11.0. The van der Waals surface area contributed by atoms with Gasteiger partial charge >= 0.3 is 0 Å². The van der Waals surface area contributed by atoms with Gasteiger partial charge in [0.15, 0.2) is 5.65 Å². The van der Waals surface area contributed by atoms with Crippen LogP contribution in [-0.4, -0.2) is 25.5 Å². The summed E-state index contributed by atoms with van der Waals surface area (Å²) in [5.74, 6) is 0.0915. The highest BCUT2D eigenvalue weighted by molar-refractivity contribution is 5.84. The molecule has 0 aromatic carbocycles. The van der Waals surface area contributed by atoms with Crippen molar-refractivity contribution in [3.8, 4) is 0 Å². The van der Waals surface area contributed by atoms with Gasteiger partial charge in [-0.05, 0) is 6.92 Å². The summed E-state index contributed by atoms with van der Waals surface area (Å²) in [6, 6.07) is 0. The summed E-state index contributed by atoms with van der Waals surface area (Å²) in [6.45, 7) is 1.55. The third kappa shape index (κ3) is 1.37. The van der Waals surface area contributed by atoms with Crippen LogP contribution in [0.1, 0.15) is 12.6 Å². The molecule has 2 rings (SSSR count). The molecule has 0 spiro atoms. The fraction of sp³-hybridized carbons (Fsp3) is 0.333. The molecular weight excluding hydrogens is 180 g/mol. The van der Waals surface area contributed by atoms with Crippen LogP contribution in [0.3, 0.4) is 0 Å². The minimum atomic E-state index is 0.0915. The minimum Gasteiger partial charge on any atom is -0.300 e. The molecule has 14 heavy (non-hydrogen) atoms. The predicted molar refractivity (Wildman–Crippen MR) is 50.7 cm³/mol. The lowest BCUT2D eigenvalue weighted by atomic mass is 10.2. The molecule has 2 heterocycles. The Morgan fingerprint density at radius 1 is 1.50 bits per heavy atom. The molecule has 0 unspecified atom stereocenters. The SMILES string of the molecule is CC(=O)Cc1ncnc2c1cnn2C. The monoisotopic (exact) mass is 190 g/mol. The van der Waals surface area contributed by atoms with E-state index >= 15 is 0 Å². The molecule has 0 bridgehead atoms. The summed E-state index contributed by atoms with van der Waals surface area (Å²) in [4.78, 5) is 19.1. The number of aromatic nitrogens is 4. The van der Waals surface area contributed by atoms with Crippen molar-refractivity contribution >= 4 is 16.8 Å². The van der Waals surface area contributed by atoms with Gasteiger partial charge in [-0.2, -0.15) is 5.10 Å². The van der Waals surface area contributed by atoms with E-state index in [2.05, 4.69) is 15.1 Å². The number of ketones is 1. The average molecular weight is 190 g/mol. The van der Waals surface area contributed by atoms with Crippen LogP contribution < -0.4 is 0 Å². The number of rotatable bonds is 2. The predicted octanol–water partition coefficient (Wildman–Crippen LogP) is 0.495. The quantitative estimate of drug-likeness (QED) is 0.691. The number of aryl methyl sites for hydroxylation is 1. The largest absolute Gasteiger partial charge is 0.300 e. The maximum atomic E-state index is 11.0. The number of hydrogen-bond donors (Lipinski definition) is 0. The molecule has 5 nitrogen and oxygen atoms in total. The fourth-order valence-electron chi connectivity index (χ4n) is 1.39. The smallest absolute Gasteiger partial charge is 0.161 e. The number of carbonyl (C=O) groups excluding carboxylic acids is 1. The van der Waals surface area contributed by atoms with Crippen LogP contribution >= 0.6 is 0 Å². The Balaban J connectivity index is 2.59. The van der Waals surface area contributed by atoms with E-state index in [1.807, 2.05) is 7.05 Å². The van der Waals surface area contributed by atoms with E-state index < -0.39 is 0 Å². The molecule has 2 aromatic heterocycles. The van der Waals surface area contributed by atoms with Crippen LogP contribution in [0.5, 0.6) is 0 Å². The Kier molecular flexibility index (Phi) is 1.99. The number of nitrogens with zero attached hydrogens (tertiary/aromatic N) is 4. The van der Waals surface area contributed by atoms with Crippen LogP contribution in [0, 0.1) is 0 Å². The van der Waals surface area contributed by atoms with Gasteiger partial charge in [0.05, 0.1) is 17.3 Å². The first-order valence-corrected chi connectivity index (χ1v) is 4.29. The van der Waals surface area contributed by atoms with Crippen LogP contribution in [0.4, 0.5) is 0 Å². The lowest BCUT2D eigenvalue weighted by Crippen LogP contribution is -2.01. The number of carbonyl (C=O) groups is 1. The van der Waals surface area contributed by atoms with Crippen molar-refractivity contribution in [2.45, 2.75) is 13.3 Å². The van der Waals surface area contributed by atoms with E-state index in [0.717, 1.165) is 16.7 Å². The highest BCUT2D eigenvalue weighted by Gasteiger charge is 2.08. The third-order valence-electron chi connectivity index (χ3n) is 2.03. The number of Topliss-reactive ketones (excluding diaryl/α,β-unsaturated/α-hetero) is 1. The Labute approximate surface area is 80.8 Å². The van der Waals surface area contributed by atoms with Crippen molar-refractivity contribution in [1.29, 1.82) is 0 Å². The molecule has 0 aliphatic heterocycles. The second-order valence-corrected chi connectivity index (χ2v) is 3.20. The van der Waals surface area contributed by atoms with E-state index in [0.29, 0.717) is 6.42 Å². The van der Waals surface area contributed by atoms with Gasteiger partial charge < -0.3 is 0 Å². The zero-order valence-electron chi connectivity index (χ0n) is 8.06. The van der Waals surface area contributed by atoms with E-state index in [-0.39, 0.29) is 5.78 Å². The highest BCUT2D eigenvalue weighted by atomic mass is 16.1. The molecule has 0 fully saturated rings. The molecule has 0 atom stereocenters. The first kappa shape index (κ1) is 8.80. The minimum absolute atomic E-state index is 0.0915. The van der Waals surface area contributed by atoms with Crippen molar-refractivity contribution in [2.24, 2.45) is 7.05 Å². The van der Waals surface area contributed by atoms with E-state index in [1.165, 1.54) is 6.33 Å². The lowest BCUT2D eigenvalue weighted by molar-refractivity contribution is -0.116. The molecule has 0 amide bonds. The molecule has 0 N–H and O–H groups in total. The average Bonchev–Trinajstić information content (AvgIpc) is 2.49. The summed E-state index contributed by atoms with van der Waals surface area (Å²) < 4.78 is 1.67. The van der Waals surface area contributed by atoms with E-state index in [9.17, 15) is 4.79 Å². The van der Waals surface area contributed by atoms with Gasteiger partial charge in [0.2, 0.25) is 0 Å². The normalized spacial score (nSPS) is 10.7. The van der Waals surface area contributed by atoms with Crippen molar-refractivity contribution < 1.29 is 4.79 Å². The Hall–Kier alpha value is -1.78. The van der Waals surface area contributed by atoms with Crippen LogP contribution in [0.15, 0.2) is 12.5 Å². The molecule has 0 radical (unpaired) electrons. The molecule has 0 saturated carbocycles. The topological polar surface area (TPSA) is 60.7 Å². The molecule has 2 aromatic rings. The van der Waals surface area contributed by atoms with Crippen molar-refractivity contribution in [3.63, 3.8) is 0 Å². The van der Waals surface area contributed by atoms with Gasteiger partial charge in [0.1, 0.15) is 12.1 Å². The van der Waals surface area contributed by atoms with E-state index in [4.69, 9.17) is 0 Å². The summed E-state index contributed by atoms with van der Waals surface area (Å²) in [5.41, 5.74) is 1.51. The summed E-state index contributed by atoms with van der Waals surface area (Å²) in [5, 5.41) is 4.92. The van der Waals surface area contributed by atoms with Gasteiger partial charge in [-0.1, -0.05) is 0 Å². The van der Waals surface area contributed by atoms with Gasteiger partial charge in [-0.3, -0.25) is 9.48 Å². The van der Waals surface area contributed by atoms with Crippen LogP contribution in [0.25, 0.3) is 11.0 Å². The van der Waals surface area contributed by atoms with Crippen molar-refractivity contribution in [3.05, 3.63) is 18.2 Å². The summed E-state index contributed by atoms with van der Waals surface area (Å²) in [6.07, 6.45) is 3.49. The summed E-state index contributed by atoms with van der Waals surface area (Å²) in [7, 11) is 1.81. The molecule has 5 heteroatoms. The van der Waals surface area contributed by atoms with Gasteiger partial charge in [-0.15, -0.1) is 0 Å². The fourth-order valence-corrected chi connectivity index (χ4v) is 1.39. The standard InChI is InChI=1S/C9H10N4O/c1-6(14)3-8-7-4-12-13(2)9(7)11-5-10-8/h4-5H,3H2,1-2H3. The van der Waals surface area contributed by atoms with Gasteiger partial charge in [-0.25, -0.2) is 9.97 Å². The summed E-state index contributed by atoms with van der Waals surface area (Å²) >= 11 is 0. The van der Waals surface area contributed by atoms with Gasteiger partial charge in [0, 0.05) is 13.5 Å². The van der Waals surface area contributed by atoms with Crippen LogP contribution in [0.2, 0.25) is 0 Å². The molecule has 0 aliphatic carbocycles. The number of fused-ring (bicyclic) bond motifs is 1. The van der Waals surface area contributed by atoms with Gasteiger partial charge in [0.25, 0.3) is 0 Å². The first-order valence-electron chi connectivity index (χ1n) is 4.29. The number of hydrogen-bond acceptors (Lipinski definition) is 4. The highest BCUT2D eigenvalue weighted by Crippen LogP contribution is 2.13. The molecule has 72 valence electrons. The Morgan fingerprint density at radius 2 is 2.29 bits per heavy atom. The lowest BCUT2D eigenvalue weighted by Gasteiger charge is -1.98. The zero-order chi connectivity index (χ0) is 10.1. The van der Waals surface area contributed by atoms with Crippen molar-refractivity contribution in [2.75, 3.05) is 0 Å². The molecular formula is C9H10N4O. The van der Waals surface area contributed by atoms with E-state index in [1.54, 1.807) is 17.8 Å². The molecule has 0 aliphatic rings. The third-order valence-corrected chi connectivity index (χ3v) is 2.03. The van der Waals surface area contributed by atoms with Crippen molar-refractivity contribution in [1.82, 2.24) is 19.7 Å². The second-order valence-electron chi connectivity index (χ2n) is 3.20. The Bertz CT molecular complexity index is 489. The maximum Gasteiger partial charge on any atom is 0.161 e. The second kappa shape index (κ2) is 3.17. The zero-order valence-corrected chi connectivity index (χ0v) is 8.06. The Morgan fingerprint density at radius 3 is 3.00 bits per heavy atom. The molecule has 0 saturated heterocycles. The van der Waals surface area contributed by atoms with Crippen LogP contribution in [-0.2, 0) is 18.3 Å².